The molecule has 0 spiro atoms. The quantitative estimate of drug-likeness (QED) is 0.759. The highest BCUT2D eigenvalue weighted by Gasteiger charge is 2.06. The highest BCUT2D eigenvalue weighted by molar-refractivity contribution is 7.13. The van der Waals surface area contributed by atoms with Crippen LogP contribution in [0.4, 0.5) is 0 Å². The number of thiazole rings is 1. The average Bonchev–Trinajstić information content (AvgIpc) is 2.81. The van der Waals surface area contributed by atoms with Gasteiger partial charge in [0.15, 0.2) is 0 Å². The summed E-state index contributed by atoms with van der Waals surface area (Å²) in [4.78, 5) is 4.37. The zero-order chi connectivity index (χ0) is 10.7. The minimum Gasteiger partial charge on any atom is -0.245 e. The van der Waals surface area contributed by atoms with Crippen molar-refractivity contribution in [2.45, 2.75) is 26.7 Å². The first-order chi connectivity index (χ1) is 7.35. The lowest BCUT2D eigenvalue weighted by molar-refractivity contribution is 1.09. The van der Waals surface area contributed by atoms with Gasteiger partial charge in [0.05, 0.1) is 0 Å². The molecule has 15 heavy (non-hydrogen) atoms. The first kappa shape index (κ1) is 10.4. The minimum atomic E-state index is 1.07. The number of benzene rings is 1. The summed E-state index contributed by atoms with van der Waals surface area (Å²) in [6.07, 6.45) is 4.04. The Labute approximate surface area is 94.8 Å². The van der Waals surface area contributed by atoms with Crippen molar-refractivity contribution in [2.24, 2.45) is 0 Å². The first-order valence-corrected chi connectivity index (χ1v) is 6.24. The van der Waals surface area contributed by atoms with E-state index in [1.807, 2.05) is 11.6 Å². The van der Waals surface area contributed by atoms with Crippen LogP contribution in [0.2, 0.25) is 0 Å². The Balaban J connectivity index is 2.48. The van der Waals surface area contributed by atoms with E-state index in [1.54, 1.807) is 11.3 Å². The topological polar surface area (TPSA) is 12.9 Å². The molecule has 0 unspecified atom stereocenters. The fraction of sp³-hybridized carbons (Fsp3) is 0.308. The Morgan fingerprint density at radius 3 is 2.67 bits per heavy atom. The number of hydrogen-bond acceptors (Lipinski definition) is 2. The molecule has 2 heteroatoms. The lowest BCUT2D eigenvalue weighted by atomic mass is 10.0. The van der Waals surface area contributed by atoms with Gasteiger partial charge in [0.1, 0.15) is 5.01 Å². The molecule has 78 valence electrons. The van der Waals surface area contributed by atoms with Gasteiger partial charge in [-0.25, -0.2) is 4.98 Å². The van der Waals surface area contributed by atoms with Gasteiger partial charge in [-0.15, -0.1) is 11.3 Å². The van der Waals surface area contributed by atoms with Gasteiger partial charge in [-0.3, -0.25) is 0 Å². The summed E-state index contributed by atoms with van der Waals surface area (Å²) in [5, 5.41) is 3.16. The zero-order valence-corrected chi connectivity index (χ0v) is 9.97. The largest absolute Gasteiger partial charge is 0.245 e. The number of nitrogens with zero attached hydrogens (tertiary/aromatic N) is 1. The Bertz CT molecular complexity index is 432. The van der Waals surface area contributed by atoms with Crippen LogP contribution >= 0.6 is 11.3 Å². The molecule has 0 aliphatic rings. The monoisotopic (exact) mass is 217 g/mol. The van der Waals surface area contributed by atoms with Crippen molar-refractivity contribution in [3.05, 3.63) is 40.9 Å². The molecule has 1 nitrogen and oxygen atoms in total. The van der Waals surface area contributed by atoms with Gasteiger partial charge in [-0.2, -0.15) is 0 Å². The average molecular weight is 217 g/mol. The molecule has 1 aromatic heterocycles. The highest BCUT2D eigenvalue weighted by Crippen LogP contribution is 2.27. The molecule has 0 N–H and O–H groups in total. The third kappa shape index (κ3) is 2.10. The fourth-order valence-electron chi connectivity index (χ4n) is 1.72. The van der Waals surface area contributed by atoms with Gasteiger partial charge in [-0.1, -0.05) is 32.0 Å². The van der Waals surface area contributed by atoms with Crippen LogP contribution in [-0.4, -0.2) is 4.98 Å². The maximum atomic E-state index is 4.37. The van der Waals surface area contributed by atoms with Gasteiger partial charge in [-0.05, 0) is 24.0 Å². The van der Waals surface area contributed by atoms with Crippen molar-refractivity contribution in [3.8, 4) is 10.6 Å². The van der Waals surface area contributed by atoms with Gasteiger partial charge >= 0.3 is 0 Å². The van der Waals surface area contributed by atoms with Crippen LogP contribution in [-0.2, 0) is 12.8 Å². The second kappa shape index (κ2) is 4.58. The van der Waals surface area contributed by atoms with Crippen molar-refractivity contribution in [3.63, 3.8) is 0 Å². The van der Waals surface area contributed by atoms with E-state index < -0.39 is 0 Å². The van der Waals surface area contributed by atoms with Gasteiger partial charge in [0.2, 0.25) is 0 Å². The van der Waals surface area contributed by atoms with Crippen LogP contribution in [0.25, 0.3) is 10.6 Å². The molecule has 1 aromatic carbocycles. The number of rotatable bonds is 3. The molecule has 1 heterocycles. The normalized spacial score (nSPS) is 10.5. The second-order valence-electron chi connectivity index (χ2n) is 3.54. The van der Waals surface area contributed by atoms with Crippen molar-refractivity contribution >= 4 is 11.3 Å². The molecule has 0 saturated carbocycles. The molecule has 0 bridgehead atoms. The van der Waals surface area contributed by atoms with E-state index in [2.05, 4.69) is 37.0 Å². The van der Waals surface area contributed by atoms with Gasteiger partial charge in [0, 0.05) is 17.1 Å². The third-order valence-corrected chi connectivity index (χ3v) is 3.43. The molecular formula is C13H15NS. The lowest BCUT2D eigenvalue weighted by Crippen LogP contribution is -1.90. The molecule has 2 rings (SSSR count). The second-order valence-corrected chi connectivity index (χ2v) is 4.43. The Kier molecular flexibility index (Phi) is 3.17. The molecule has 0 radical (unpaired) electrons. The van der Waals surface area contributed by atoms with E-state index in [4.69, 9.17) is 0 Å². The highest BCUT2D eigenvalue weighted by atomic mass is 32.1. The molecule has 0 aliphatic heterocycles. The van der Waals surface area contributed by atoms with Crippen molar-refractivity contribution in [1.82, 2.24) is 4.98 Å². The number of aromatic nitrogens is 1. The van der Waals surface area contributed by atoms with E-state index in [0.717, 1.165) is 17.8 Å². The SMILES string of the molecule is CCc1ccc(-c2nccs2)c(CC)c1. The summed E-state index contributed by atoms with van der Waals surface area (Å²) in [5.41, 5.74) is 4.11. The predicted octanol–water partition coefficient (Wildman–Crippen LogP) is 3.93. The molecule has 0 aliphatic carbocycles. The zero-order valence-electron chi connectivity index (χ0n) is 9.16. The first-order valence-electron chi connectivity index (χ1n) is 5.36. The molecule has 0 saturated heterocycles. The van der Waals surface area contributed by atoms with E-state index in [-0.39, 0.29) is 0 Å². The maximum Gasteiger partial charge on any atom is 0.123 e. The molecule has 2 aromatic rings. The summed E-state index contributed by atoms with van der Waals surface area (Å²) >= 11 is 1.71. The summed E-state index contributed by atoms with van der Waals surface area (Å²) in [7, 11) is 0. The van der Waals surface area contributed by atoms with E-state index >= 15 is 0 Å². The van der Waals surface area contributed by atoms with E-state index in [0.29, 0.717) is 0 Å². The fourth-order valence-corrected chi connectivity index (χ4v) is 2.42. The van der Waals surface area contributed by atoms with Crippen LogP contribution in [0.3, 0.4) is 0 Å². The van der Waals surface area contributed by atoms with Crippen LogP contribution in [0, 0.1) is 0 Å². The lowest BCUT2D eigenvalue weighted by Gasteiger charge is -2.07. The Morgan fingerprint density at radius 1 is 1.20 bits per heavy atom. The number of aryl methyl sites for hydroxylation is 2. The molecule has 0 fully saturated rings. The molecular weight excluding hydrogens is 202 g/mol. The standard InChI is InChI=1S/C13H15NS/c1-3-10-5-6-12(11(4-2)9-10)13-14-7-8-15-13/h5-9H,3-4H2,1-2H3. The Morgan fingerprint density at radius 2 is 2.07 bits per heavy atom. The van der Waals surface area contributed by atoms with Crippen LogP contribution in [0.1, 0.15) is 25.0 Å². The third-order valence-electron chi connectivity index (χ3n) is 2.62. The summed E-state index contributed by atoms with van der Waals surface area (Å²) < 4.78 is 0. The number of hydrogen-bond donors (Lipinski definition) is 0. The van der Waals surface area contributed by atoms with E-state index in [9.17, 15) is 0 Å². The molecule has 0 amide bonds. The predicted molar refractivity (Wildman–Crippen MR) is 66.3 cm³/mol. The van der Waals surface area contributed by atoms with Crippen molar-refractivity contribution in [2.75, 3.05) is 0 Å². The van der Waals surface area contributed by atoms with Crippen molar-refractivity contribution < 1.29 is 0 Å². The van der Waals surface area contributed by atoms with Crippen molar-refractivity contribution in [1.29, 1.82) is 0 Å². The summed E-state index contributed by atoms with van der Waals surface area (Å²) in [6, 6.07) is 6.71. The summed E-state index contributed by atoms with van der Waals surface area (Å²) in [6.45, 7) is 4.39. The smallest absolute Gasteiger partial charge is 0.123 e. The van der Waals surface area contributed by atoms with Gasteiger partial charge < -0.3 is 0 Å². The van der Waals surface area contributed by atoms with Gasteiger partial charge in [0.25, 0.3) is 0 Å². The minimum absolute atomic E-state index is 1.07. The summed E-state index contributed by atoms with van der Waals surface area (Å²) in [5.74, 6) is 0. The van der Waals surface area contributed by atoms with Crippen LogP contribution in [0.15, 0.2) is 29.8 Å². The van der Waals surface area contributed by atoms with E-state index in [1.165, 1.54) is 16.7 Å². The molecule has 0 atom stereocenters. The van der Waals surface area contributed by atoms with Crippen LogP contribution < -0.4 is 0 Å². The Hall–Kier alpha value is -1.15. The maximum absolute atomic E-state index is 4.37. The van der Waals surface area contributed by atoms with Crippen LogP contribution in [0.5, 0.6) is 0 Å².